The third-order valence-corrected chi connectivity index (χ3v) is 6.78. The average Bonchev–Trinajstić information content (AvgIpc) is 3.42. The largest absolute Gasteiger partial charge is 0.495 e. The van der Waals surface area contributed by atoms with Crippen LogP contribution in [0.3, 0.4) is 0 Å². The predicted octanol–water partition coefficient (Wildman–Crippen LogP) is 2.18. The van der Waals surface area contributed by atoms with Crippen LogP contribution in [-0.2, 0) is 13.1 Å². The van der Waals surface area contributed by atoms with E-state index in [9.17, 15) is 14.7 Å². The topological polar surface area (TPSA) is 135 Å². The molecule has 1 aliphatic rings. The van der Waals surface area contributed by atoms with Crippen molar-refractivity contribution in [3.8, 4) is 5.75 Å². The van der Waals surface area contributed by atoms with Crippen molar-refractivity contribution in [2.24, 2.45) is 0 Å². The van der Waals surface area contributed by atoms with Crippen molar-refractivity contribution < 1.29 is 14.6 Å². The summed E-state index contributed by atoms with van der Waals surface area (Å²) in [5.74, 6) is 0.799. The van der Waals surface area contributed by atoms with Crippen LogP contribution in [0.2, 0.25) is 5.02 Å². The van der Waals surface area contributed by atoms with Gasteiger partial charge in [-0.2, -0.15) is 4.98 Å². The Hall–Kier alpha value is -4.09. The Bertz CT molecular complexity index is 1530. The van der Waals surface area contributed by atoms with Crippen LogP contribution in [0.1, 0.15) is 34.6 Å². The van der Waals surface area contributed by atoms with Crippen LogP contribution in [0.25, 0.3) is 11.0 Å². The number of hydrogen-bond donors (Lipinski definition) is 2. The molecule has 12 heteroatoms. The van der Waals surface area contributed by atoms with Crippen LogP contribution in [0, 0.1) is 0 Å². The Balaban J connectivity index is 1.57. The lowest BCUT2D eigenvalue weighted by atomic mass is 10.1. The smallest absolute Gasteiger partial charge is 0.265 e. The van der Waals surface area contributed by atoms with E-state index in [0.717, 1.165) is 18.4 Å². The minimum absolute atomic E-state index is 0.0111. The number of carbonyl (C=O) groups is 1. The van der Waals surface area contributed by atoms with E-state index in [1.54, 1.807) is 42.9 Å². The van der Waals surface area contributed by atoms with E-state index >= 15 is 0 Å². The molecule has 4 heterocycles. The molecule has 1 aliphatic heterocycles. The maximum atomic E-state index is 13.7. The van der Waals surface area contributed by atoms with E-state index in [1.165, 1.54) is 17.7 Å². The van der Waals surface area contributed by atoms with Gasteiger partial charge in [-0.05, 0) is 42.7 Å². The number of methoxy groups -OCH3 is 1. The Kier molecular flexibility index (Phi) is 7.47. The quantitative estimate of drug-likeness (QED) is 0.348. The van der Waals surface area contributed by atoms with Gasteiger partial charge in [0.05, 0.1) is 37.9 Å². The van der Waals surface area contributed by atoms with Gasteiger partial charge < -0.3 is 20.1 Å². The standard InChI is InChI=1S/C26H26ClN7O4/c1-38-21-6-5-16(10-20(21)27)14-34-23-17(12-31-26(32-23)33-9-2-4-18(33)15-35)11-19(25(34)37)24(36)30-13-22-28-7-3-8-29-22/h3,5-8,10-12,18,35H,2,4,9,13-15H2,1H3,(H,30,36). The Morgan fingerprint density at radius 1 is 1.24 bits per heavy atom. The summed E-state index contributed by atoms with van der Waals surface area (Å²) >= 11 is 6.33. The number of ether oxygens (including phenoxy) is 1. The highest BCUT2D eigenvalue weighted by Crippen LogP contribution is 2.27. The number of fused-ring (bicyclic) bond motifs is 1. The zero-order valence-corrected chi connectivity index (χ0v) is 21.4. The molecule has 2 N–H and O–H groups in total. The fourth-order valence-corrected chi connectivity index (χ4v) is 4.83. The number of amides is 1. The molecule has 1 amide bonds. The lowest BCUT2D eigenvalue weighted by Gasteiger charge is -2.23. The first-order valence-electron chi connectivity index (χ1n) is 12.1. The molecule has 4 aromatic rings. The first-order chi connectivity index (χ1) is 18.5. The van der Waals surface area contributed by atoms with Crippen molar-refractivity contribution >= 4 is 34.5 Å². The normalized spacial score (nSPS) is 15.1. The second-order valence-corrected chi connectivity index (χ2v) is 9.29. The van der Waals surface area contributed by atoms with Gasteiger partial charge in [-0.1, -0.05) is 17.7 Å². The lowest BCUT2D eigenvalue weighted by molar-refractivity contribution is 0.0948. The molecule has 3 aromatic heterocycles. The summed E-state index contributed by atoms with van der Waals surface area (Å²) in [6.07, 6.45) is 6.49. The molecular formula is C26H26ClN7O4. The SMILES string of the molecule is COc1ccc(Cn2c(=O)c(C(=O)NCc3ncccn3)cc3cnc(N4CCCC4CO)nc32)cc1Cl. The molecule has 5 rings (SSSR count). The minimum atomic E-state index is -0.560. The fourth-order valence-electron chi connectivity index (χ4n) is 4.55. The maximum Gasteiger partial charge on any atom is 0.265 e. The monoisotopic (exact) mass is 535 g/mol. The molecule has 1 aromatic carbocycles. The zero-order chi connectivity index (χ0) is 26.6. The number of carbonyl (C=O) groups excluding carboxylic acids is 1. The van der Waals surface area contributed by atoms with E-state index in [2.05, 4.69) is 20.3 Å². The van der Waals surface area contributed by atoms with E-state index < -0.39 is 11.5 Å². The molecule has 0 aliphatic carbocycles. The van der Waals surface area contributed by atoms with Gasteiger partial charge in [0.2, 0.25) is 5.95 Å². The van der Waals surface area contributed by atoms with Crippen molar-refractivity contribution in [3.05, 3.63) is 81.3 Å². The second kappa shape index (κ2) is 11.1. The summed E-state index contributed by atoms with van der Waals surface area (Å²) in [4.78, 5) is 46.1. The van der Waals surface area contributed by atoms with Crippen LogP contribution < -0.4 is 20.5 Å². The molecule has 11 nitrogen and oxygen atoms in total. The molecule has 1 fully saturated rings. The molecule has 0 spiro atoms. The third-order valence-electron chi connectivity index (χ3n) is 6.49. The zero-order valence-electron chi connectivity index (χ0n) is 20.7. The summed E-state index contributed by atoms with van der Waals surface area (Å²) in [5, 5.41) is 13.4. The summed E-state index contributed by atoms with van der Waals surface area (Å²) in [5.41, 5.74) is 0.530. The fraction of sp³-hybridized carbons (Fsp3) is 0.308. The summed E-state index contributed by atoms with van der Waals surface area (Å²) in [6, 6.07) is 8.32. The van der Waals surface area contributed by atoms with E-state index in [4.69, 9.17) is 21.3 Å². The van der Waals surface area contributed by atoms with Gasteiger partial charge in [0, 0.05) is 30.5 Å². The Labute approximate surface area is 223 Å². The number of nitrogens with one attached hydrogen (secondary N) is 1. The minimum Gasteiger partial charge on any atom is -0.495 e. The van der Waals surface area contributed by atoms with Gasteiger partial charge in [0.15, 0.2) is 0 Å². The molecule has 1 saturated heterocycles. The molecule has 1 unspecified atom stereocenters. The third kappa shape index (κ3) is 5.15. The van der Waals surface area contributed by atoms with Crippen LogP contribution in [0.15, 0.2) is 53.7 Å². The number of halogens is 1. The summed E-state index contributed by atoms with van der Waals surface area (Å²) < 4.78 is 6.68. The van der Waals surface area contributed by atoms with Gasteiger partial charge in [-0.3, -0.25) is 14.2 Å². The van der Waals surface area contributed by atoms with Crippen molar-refractivity contribution in [2.45, 2.75) is 32.0 Å². The van der Waals surface area contributed by atoms with Crippen molar-refractivity contribution in [3.63, 3.8) is 0 Å². The molecule has 1 atom stereocenters. The average molecular weight is 536 g/mol. The summed E-state index contributed by atoms with van der Waals surface area (Å²) in [7, 11) is 1.53. The van der Waals surface area contributed by atoms with Crippen molar-refractivity contribution in [2.75, 3.05) is 25.2 Å². The van der Waals surface area contributed by atoms with Gasteiger partial charge in [-0.15, -0.1) is 0 Å². The molecule has 38 heavy (non-hydrogen) atoms. The number of rotatable bonds is 8. The van der Waals surface area contributed by atoms with Crippen molar-refractivity contribution in [1.82, 2.24) is 29.8 Å². The van der Waals surface area contributed by atoms with Crippen LogP contribution >= 0.6 is 11.6 Å². The first kappa shape index (κ1) is 25.6. The number of nitrogens with zero attached hydrogens (tertiary/aromatic N) is 6. The lowest BCUT2D eigenvalue weighted by Crippen LogP contribution is -2.35. The Morgan fingerprint density at radius 2 is 2.05 bits per heavy atom. The number of benzene rings is 1. The number of aliphatic hydroxyl groups is 1. The molecule has 0 saturated carbocycles. The second-order valence-electron chi connectivity index (χ2n) is 8.89. The molecular weight excluding hydrogens is 510 g/mol. The number of aromatic nitrogens is 5. The highest BCUT2D eigenvalue weighted by atomic mass is 35.5. The molecule has 0 bridgehead atoms. The summed E-state index contributed by atoms with van der Waals surface area (Å²) in [6.45, 7) is 0.875. The van der Waals surface area contributed by atoms with Gasteiger partial charge in [0.25, 0.3) is 11.5 Å². The predicted molar refractivity (Wildman–Crippen MR) is 142 cm³/mol. The van der Waals surface area contributed by atoms with Gasteiger partial charge >= 0.3 is 0 Å². The van der Waals surface area contributed by atoms with Crippen LogP contribution in [0.4, 0.5) is 5.95 Å². The molecule has 0 radical (unpaired) electrons. The molecule has 196 valence electrons. The van der Waals surface area contributed by atoms with E-state index in [-0.39, 0.29) is 31.3 Å². The highest BCUT2D eigenvalue weighted by Gasteiger charge is 2.27. The Morgan fingerprint density at radius 3 is 2.79 bits per heavy atom. The number of pyridine rings is 1. The van der Waals surface area contributed by atoms with E-state index in [0.29, 0.717) is 40.1 Å². The van der Waals surface area contributed by atoms with Crippen molar-refractivity contribution in [1.29, 1.82) is 0 Å². The number of aliphatic hydroxyl groups excluding tert-OH is 1. The highest BCUT2D eigenvalue weighted by molar-refractivity contribution is 6.32. The van der Waals surface area contributed by atoms with Crippen LogP contribution in [-0.4, -0.2) is 61.8 Å². The maximum absolute atomic E-state index is 13.7. The van der Waals surface area contributed by atoms with Gasteiger partial charge in [0.1, 0.15) is 22.8 Å². The van der Waals surface area contributed by atoms with Crippen LogP contribution in [0.5, 0.6) is 5.75 Å². The number of hydrogen-bond acceptors (Lipinski definition) is 9. The number of anilines is 1. The van der Waals surface area contributed by atoms with E-state index in [1.807, 2.05) is 4.90 Å². The first-order valence-corrected chi connectivity index (χ1v) is 12.5. The van der Waals surface area contributed by atoms with Gasteiger partial charge in [-0.25, -0.2) is 15.0 Å².